The van der Waals surface area contributed by atoms with Crippen LogP contribution in [0.3, 0.4) is 0 Å². The third-order valence-corrected chi connectivity index (χ3v) is 7.38. The SMILES string of the molecule is CCN1B(c2ccccc2C)N(CC)B(c2ccccc2C)N(CC)B1c1ccccc1C. The maximum atomic E-state index is 2.70. The van der Waals surface area contributed by atoms with Crippen molar-refractivity contribution < 1.29 is 0 Å². The molecular weight excluding hydrogens is 399 g/mol. The average Bonchev–Trinajstić information content (AvgIpc) is 2.83. The molecule has 0 atom stereocenters. The first-order valence-electron chi connectivity index (χ1n) is 12.5. The van der Waals surface area contributed by atoms with Gasteiger partial charge in [0.15, 0.2) is 0 Å². The summed E-state index contributed by atoms with van der Waals surface area (Å²) in [5, 5.41) is 0. The molecule has 0 unspecified atom stereocenters. The normalized spacial score (nSPS) is 16.0. The molecular formula is C27H36B3N3. The lowest BCUT2D eigenvalue weighted by atomic mass is 9.37. The highest BCUT2D eigenvalue weighted by Gasteiger charge is 2.53. The maximum Gasteiger partial charge on any atom is 0.326 e. The summed E-state index contributed by atoms with van der Waals surface area (Å²) in [6.45, 7) is 17.3. The second-order valence-corrected chi connectivity index (χ2v) is 9.18. The molecule has 0 N–H and O–H groups in total. The molecule has 168 valence electrons. The molecule has 0 saturated carbocycles. The molecule has 0 spiro atoms. The molecule has 3 nitrogen and oxygen atoms in total. The fraction of sp³-hybridized carbons (Fsp3) is 0.333. The van der Waals surface area contributed by atoms with E-state index in [0.717, 1.165) is 19.6 Å². The molecule has 33 heavy (non-hydrogen) atoms. The van der Waals surface area contributed by atoms with Crippen LogP contribution in [0.1, 0.15) is 37.5 Å². The third kappa shape index (κ3) is 4.32. The van der Waals surface area contributed by atoms with Crippen molar-refractivity contribution in [2.24, 2.45) is 0 Å². The van der Waals surface area contributed by atoms with Crippen molar-refractivity contribution in [2.75, 3.05) is 19.6 Å². The highest BCUT2D eigenvalue weighted by molar-refractivity contribution is 6.98. The van der Waals surface area contributed by atoms with Gasteiger partial charge in [0.05, 0.1) is 0 Å². The minimum absolute atomic E-state index is 0.207. The van der Waals surface area contributed by atoms with Crippen molar-refractivity contribution in [3.05, 3.63) is 89.5 Å². The molecule has 3 aromatic carbocycles. The van der Waals surface area contributed by atoms with Gasteiger partial charge in [-0.05, 0) is 56.8 Å². The van der Waals surface area contributed by atoms with Gasteiger partial charge in [-0.25, -0.2) is 0 Å². The monoisotopic (exact) mass is 435 g/mol. The Labute approximate surface area is 202 Å². The highest BCUT2D eigenvalue weighted by atomic mass is 15.3. The highest BCUT2D eigenvalue weighted by Crippen LogP contribution is 2.22. The van der Waals surface area contributed by atoms with Crippen LogP contribution in [0.4, 0.5) is 0 Å². The van der Waals surface area contributed by atoms with Gasteiger partial charge in [0.1, 0.15) is 0 Å². The molecule has 0 aliphatic carbocycles. The lowest BCUT2D eigenvalue weighted by molar-refractivity contribution is 0.473. The van der Waals surface area contributed by atoms with E-state index in [-0.39, 0.29) is 20.9 Å². The summed E-state index contributed by atoms with van der Waals surface area (Å²) in [5.74, 6) is 0. The first kappa shape index (κ1) is 23.9. The lowest BCUT2D eigenvalue weighted by Crippen LogP contribution is -2.85. The first-order chi connectivity index (χ1) is 16.0. The van der Waals surface area contributed by atoms with Gasteiger partial charge in [0.25, 0.3) is 0 Å². The quantitative estimate of drug-likeness (QED) is 0.552. The molecule has 3 aromatic rings. The number of hydrogen-bond donors (Lipinski definition) is 0. The Bertz CT molecular complexity index is 941. The predicted octanol–water partition coefficient (Wildman–Crippen LogP) is 3.08. The Morgan fingerprint density at radius 3 is 0.909 bits per heavy atom. The van der Waals surface area contributed by atoms with E-state index in [1.807, 2.05) is 0 Å². The summed E-state index contributed by atoms with van der Waals surface area (Å²) < 4.78 is 8.10. The fourth-order valence-corrected chi connectivity index (χ4v) is 5.71. The number of nitrogens with zero attached hydrogens (tertiary/aromatic N) is 3. The van der Waals surface area contributed by atoms with Gasteiger partial charge in [-0.15, -0.1) is 0 Å². The number of benzene rings is 3. The molecule has 1 saturated heterocycles. The van der Waals surface area contributed by atoms with Gasteiger partial charge in [-0.1, -0.05) is 110 Å². The Morgan fingerprint density at radius 1 is 0.455 bits per heavy atom. The van der Waals surface area contributed by atoms with Crippen LogP contribution < -0.4 is 16.4 Å². The van der Waals surface area contributed by atoms with E-state index >= 15 is 0 Å². The van der Waals surface area contributed by atoms with Crippen LogP contribution in [0.25, 0.3) is 0 Å². The van der Waals surface area contributed by atoms with Crippen LogP contribution in [0, 0.1) is 20.8 Å². The van der Waals surface area contributed by atoms with E-state index in [9.17, 15) is 0 Å². The average molecular weight is 435 g/mol. The standard InChI is InChI=1S/C27H36B3N3/c1-7-31-28(25-19-13-10-16-22(25)4)32(8-2)30(27-21-15-12-18-24(27)6)33(9-3)29(31)26-20-14-11-17-23(26)5/h10-21H,7-9H2,1-6H3. The van der Waals surface area contributed by atoms with Crippen molar-refractivity contribution >= 4 is 37.3 Å². The molecule has 1 fully saturated rings. The van der Waals surface area contributed by atoms with Crippen LogP contribution in [0.2, 0.25) is 0 Å². The summed E-state index contributed by atoms with van der Waals surface area (Å²) in [4.78, 5) is 0. The second-order valence-electron chi connectivity index (χ2n) is 9.18. The van der Waals surface area contributed by atoms with Crippen LogP contribution >= 0.6 is 0 Å². The van der Waals surface area contributed by atoms with Gasteiger partial charge in [0, 0.05) is 0 Å². The predicted molar refractivity (Wildman–Crippen MR) is 147 cm³/mol. The van der Waals surface area contributed by atoms with Gasteiger partial charge in [0.2, 0.25) is 0 Å². The van der Waals surface area contributed by atoms with Crippen molar-refractivity contribution in [1.82, 2.24) is 14.2 Å². The molecule has 0 aromatic heterocycles. The molecule has 0 amide bonds. The summed E-state index contributed by atoms with van der Waals surface area (Å²) in [6, 6.07) is 26.8. The van der Waals surface area contributed by atoms with Crippen molar-refractivity contribution in [1.29, 1.82) is 0 Å². The van der Waals surface area contributed by atoms with E-state index in [1.54, 1.807) is 0 Å². The Kier molecular flexibility index (Phi) is 7.48. The lowest BCUT2D eigenvalue weighted by Gasteiger charge is -2.54. The molecule has 0 radical (unpaired) electrons. The van der Waals surface area contributed by atoms with E-state index < -0.39 is 0 Å². The van der Waals surface area contributed by atoms with E-state index in [1.165, 1.54) is 33.1 Å². The van der Waals surface area contributed by atoms with E-state index in [0.29, 0.717) is 0 Å². The second kappa shape index (κ2) is 10.3. The maximum absolute atomic E-state index is 2.70. The van der Waals surface area contributed by atoms with Crippen molar-refractivity contribution in [3.63, 3.8) is 0 Å². The van der Waals surface area contributed by atoms with E-state index in [2.05, 4.69) is 129 Å². The largest absolute Gasteiger partial charge is 0.349 e. The Balaban J connectivity index is 1.99. The molecule has 1 heterocycles. The molecule has 0 bridgehead atoms. The van der Waals surface area contributed by atoms with Gasteiger partial charge in [-0.2, -0.15) is 0 Å². The summed E-state index contributed by atoms with van der Waals surface area (Å²) in [6.07, 6.45) is 0. The van der Waals surface area contributed by atoms with E-state index in [4.69, 9.17) is 0 Å². The number of aryl methyl sites for hydroxylation is 3. The minimum atomic E-state index is 0.207. The van der Waals surface area contributed by atoms with Crippen LogP contribution in [0.15, 0.2) is 72.8 Å². The van der Waals surface area contributed by atoms with Crippen molar-refractivity contribution in [2.45, 2.75) is 41.5 Å². The van der Waals surface area contributed by atoms with Gasteiger partial charge < -0.3 is 14.2 Å². The Morgan fingerprint density at radius 2 is 0.697 bits per heavy atom. The molecule has 4 rings (SSSR count). The summed E-state index contributed by atoms with van der Waals surface area (Å²) in [7, 11) is 0. The topological polar surface area (TPSA) is 9.72 Å². The molecule has 1 aliphatic heterocycles. The molecule has 1 aliphatic rings. The molecule has 6 heteroatoms. The zero-order valence-electron chi connectivity index (χ0n) is 21.1. The number of hydrogen-bond acceptors (Lipinski definition) is 3. The van der Waals surface area contributed by atoms with Crippen LogP contribution in [-0.4, -0.2) is 54.7 Å². The van der Waals surface area contributed by atoms with Crippen LogP contribution in [-0.2, 0) is 0 Å². The third-order valence-electron chi connectivity index (χ3n) is 7.38. The van der Waals surface area contributed by atoms with Crippen molar-refractivity contribution in [3.8, 4) is 0 Å². The zero-order chi connectivity index (χ0) is 23.5. The van der Waals surface area contributed by atoms with Crippen LogP contribution in [0.5, 0.6) is 0 Å². The number of rotatable bonds is 6. The minimum Gasteiger partial charge on any atom is -0.349 e. The van der Waals surface area contributed by atoms with Gasteiger partial charge >= 0.3 is 20.9 Å². The fourth-order valence-electron chi connectivity index (χ4n) is 5.71. The smallest absolute Gasteiger partial charge is 0.326 e. The Hall–Kier alpha value is -2.27. The first-order valence-corrected chi connectivity index (χ1v) is 12.5. The summed E-state index contributed by atoms with van der Waals surface area (Å²) in [5.41, 5.74) is 8.31. The summed E-state index contributed by atoms with van der Waals surface area (Å²) >= 11 is 0. The zero-order valence-corrected chi connectivity index (χ0v) is 21.1. The van der Waals surface area contributed by atoms with Gasteiger partial charge in [-0.3, -0.25) is 0 Å².